The van der Waals surface area contributed by atoms with Gasteiger partial charge in [0.05, 0.1) is 27.1 Å². The molecule has 0 bridgehead atoms. The number of aryl methyl sites for hydroxylation is 2. The Bertz CT molecular complexity index is 720. The average Bonchev–Trinajstić information content (AvgIpc) is 3.07. The van der Waals surface area contributed by atoms with Gasteiger partial charge in [0, 0.05) is 19.3 Å². The van der Waals surface area contributed by atoms with E-state index in [1.165, 1.54) is 0 Å². The van der Waals surface area contributed by atoms with Gasteiger partial charge >= 0.3 is 0 Å². The minimum atomic E-state index is -0.449. The van der Waals surface area contributed by atoms with Gasteiger partial charge < -0.3 is 0 Å². The van der Waals surface area contributed by atoms with Crippen molar-refractivity contribution in [1.29, 1.82) is 0 Å². The summed E-state index contributed by atoms with van der Waals surface area (Å²) in [4.78, 5) is 12.1. The molecule has 2 aromatic rings. The van der Waals surface area contributed by atoms with Crippen LogP contribution in [0, 0.1) is 0 Å². The second-order valence-electron chi connectivity index (χ2n) is 4.48. The Hall–Kier alpha value is -1.67. The molecule has 1 amide bonds. The maximum absolute atomic E-state index is 12.1. The van der Waals surface area contributed by atoms with Gasteiger partial charge in [-0.25, -0.2) is 5.43 Å². The fourth-order valence-corrected chi connectivity index (χ4v) is 2.73. The number of hydrogen-bond acceptors (Lipinski definition) is 4. The Morgan fingerprint density at radius 2 is 2.18 bits per heavy atom. The third-order valence-electron chi connectivity index (χ3n) is 3.02. The zero-order chi connectivity index (χ0) is 16.3. The summed E-state index contributed by atoms with van der Waals surface area (Å²) in [6, 6.07) is 0. The van der Waals surface area contributed by atoms with E-state index in [1.54, 1.807) is 28.7 Å². The molecule has 0 unspecified atom stereocenters. The van der Waals surface area contributed by atoms with Crippen molar-refractivity contribution in [2.75, 3.05) is 0 Å². The quantitative estimate of drug-likeness (QED) is 0.633. The highest BCUT2D eigenvalue weighted by molar-refractivity contribution is 9.10. The van der Waals surface area contributed by atoms with Crippen LogP contribution in [0.25, 0.3) is 0 Å². The molecule has 22 heavy (non-hydrogen) atoms. The van der Waals surface area contributed by atoms with Crippen molar-refractivity contribution in [2.24, 2.45) is 5.10 Å². The molecular weight excluding hydrogens is 372 g/mol. The molecule has 0 fully saturated rings. The van der Waals surface area contributed by atoms with Gasteiger partial charge in [0.25, 0.3) is 5.91 Å². The fraction of sp³-hybridized carbons (Fsp3) is 0.385. The van der Waals surface area contributed by atoms with Gasteiger partial charge in [-0.15, -0.1) is 0 Å². The number of carbonyl (C=O) groups is 1. The van der Waals surface area contributed by atoms with Crippen LogP contribution in [-0.2, 0) is 13.1 Å². The Morgan fingerprint density at radius 1 is 1.45 bits per heavy atom. The summed E-state index contributed by atoms with van der Waals surface area (Å²) in [5.41, 5.74) is 4.07. The molecule has 0 aromatic carbocycles. The summed E-state index contributed by atoms with van der Waals surface area (Å²) >= 11 is 9.41. The Labute approximate surface area is 141 Å². The first-order valence-corrected chi connectivity index (χ1v) is 7.94. The standard InChI is InChI=1S/C13H16BrClN6O/c1-4-20-7-10(15)11(19-20)13(22)18-17-8(3)12-9(14)6-16-21(12)5-2/h6-7H,4-5H2,1-3H3,(H,18,22)/b17-8+. The maximum Gasteiger partial charge on any atom is 0.293 e. The van der Waals surface area contributed by atoms with Gasteiger partial charge in [-0.1, -0.05) is 11.6 Å². The van der Waals surface area contributed by atoms with Crippen LogP contribution in [0.4, 0.5) is 0 Å². The normalized spacial score (nSPS) is 11.8. The van der Waals surface area contributed by atoms with Crippen LogP contribution >= 0.6 is 27.5 Å². The molecule has 2 rings (SSSR count). The van der Waals surface area contributed by atoms with Crippen molar-refractivity contribution >= 4 is 39.1 Å². The Morgan fingerprint density at radius 3 is 2.77 bits per heavy atom. The third-order valence-corrected chi connectivity index (χ3v) is 3.88. The van der Waals surface area contributed by atoms with Crippen LogP contribution in [-0.4, -0.2) is 31.2 Å². The van der Waals surface area contributed by atoms with Crippen molar-refractivity contribution in [2.45, 2.75) is 33.9 Å². The molecule has 1 N–H and O–H groups in total. The summed E-state index contributed by atoms with van der Waals surface area (Å²) in [6.45, 7) is 7.02. The highest BCUT2D eigenvalue weighted by Crippen LogP contribution is 2.17. The number of amides is 1. The molecule has 0 saturated heterocycles. The zero-order valence-corrected chi connectivity index (χ0v) is 14.8. The Kier molecular flexibility index (Phi) is 5.36. The monoisotopic (exact) mass is 386 g/mol. The predicted octanol–water partition coefficient (Wildman–Crippen LogP) is 2.69. The number of halogens is 2. The molecule has 0 aliphatic rings. The van der Waals surface area contributed by atoms with E-state index < -0.39 is 5.91 Å². The predicted molar refractivity (Wildman–Crippen MR) is 88.2 cm³/mol. The first-order valence-electron chi connectivity index (χ1n) is 6.77. The van der Waals surface area contributed by atoms with E-state index in [0.717, 1.165) is 10.2 Å². The number of carbonyl (C=O) groups excluding carboxylic acids is 1. The highest BCUT2D eigenvalue weighted by Gasteiger charge is 2.16. The van der Waals surface area contributed by atoms with Crippen molar-refractivity contribution < 1.29 is 4.79 Å². The van der Waals surface area contributed by atoms with Gasteiger partial charge in [-0.3, -0.25) is 14.2 Å². The molecule has 0 aliphatic heterocycles. The molecule has 0 aliphatic carbocycles. The zero-order valence-electron chi connectivity index (χ0n) is 12.5. The second kappa shape index (κ2) is 7.06. The van der Waals surface area contributed by atoms with Gasteiger partial charge in [-0.2, -0.15) is 15.3 Å². The van der Waals surface area contributed by atoms with Gasteiger partial charge in [0.15, 0.2) is 5.69 Å². The number of hydrazone groups is 1. The van der Waals surface area contributed by atoms with E-state index >= 15 is 0 Å². The number of hydrogen-bond donors (Lipinski definition) is 1. The molecule has 0 atom stereocenters. The van der Waals surface area contributed by atoms with Crippen LogP contribution < -0.4 is 5.43 Å². The van der Waals surface area contributed by atoms with E-state index in [9.17, 15) is 4.79 Å². The number of nitrogens with one attached hydrogen (secondary N) is 1. The third kappa shape index (κ3) is 3.38. The first kappa shape index (κ1) is 16.7. The molecule has 7 nitrogen and oxygen atoms in total. The van der Waals surface area contributed by atoms with Crippen LogP contribution in [0.5, 0.6) is 0 Å². The summed E-state index contributed by atoms with van der Waals surface area (Å²) in [7, 11) is 0. The van der Waals surface area contributed by atoms with Crippen LogP contribution in [0.1, 0.15) is 37.0 Å². The topological polar surface area (TPSA) is 77.1 Å². The van der Waals surface area contributed by atoms with Crippen LogP contribution in [0.15, 0.2) is 22.0 Å². The van der Waals surface area contributed by atoms with Crippen LogP contribution in [0.3, 0.4) is 0 Å². The number of rotatable bonds is 5. The van der Waals surface area contributed by atoms with Gasteiger partial charge in [0.2, 0.25) is 0 Å². The first-order chi connectivity index (χ1) is 10.5. The second-order valence-corrected chi connectivity index (χ2v) is 5.74. The molecule has 0 spiro atoms. The summed E-state index contributed by atoms with van der Waals surface area (Å²) < 4.78 is 4.20. The van der Waals surface area contributed by atoms with Gasteiger partial charge in [0.1, 0.15) is 0 Å². The SMILES string of the molecule is CCn1cc(Cl)c(C(=O)N/N=C(\C)c2c(Br)cnn2CC)n1. The molecule has 118 valence electrons. The molecule has 2 heterocycles. The fourth-order valence-electron chi connectivity index (χ4n) is 1.92. The van der Waals surface area contributed by atoms with E-state index in [4.69, 9.17) is 11.6 Å². The lowest BCUT2D eigenvalue weighted by Crippen LogP contribution is -2.21. The van der Waals surface area contributed by atoms with E-state index in [-0.39, 0.29) is 5.69 Å². The lowest BCUT2D eigenvalue weighted by molar-refractivity contribution is 0.0949. The lowest BCUT2D eigenvalue weighted by atomic mass is 10.3. The number of aromatic nitrogens is 4. The average molecular weight is 388 g/mol. The van der Waals surface area contributed by atoms with E-state index in [2.05, 4.69) is 36.7 Å². The number of nitrogens with zero attached hydrogens (tertiary/aromatic N) is 5. The van der Waals surface area contributed by atoms with Gasteiger partial charge in [-0.05, 0) is 36.7 Å². The summed E-state index contributed by atoms with van der Waals surface area (Å²) in [5.74, 6) is -0.449. The molecule has 2 aromatic heterocycles. The van der Waals surface area contributed by atoms with Crippen molar-refractivity contribution in [3.63, 3.8) is 0 Å². The maximum atomic E-state index is 12.1. The molecule has 0 radical (unpaired) electrons. The largest absolute Gasteiger partial charge is 0.293 e. The minimum absolute atomic E-state index is 0.156. The molecule has 0 saturated carbocycles. The summed E-state index contributed by atoms with van der Waals surface area (Å²) in [6.07, 6.45) is 3.30. The van der Waals surface area contributed by atoms with Crippen molar-refractivity contribution in [1.82, 2.24) is 25.0 Å². The van der Waals surface area contributed by atoms with E-state index in [0.29, 0.717) is 23.8 Å². The van der Waals surface area contributed by atoms with Crippen LogP contribution in [0.2, 0.25) is 5.02 Å². The van der Waals surface area contributed by atoms with E-state index in [1.807, 2.05) is 13.8 Å². The Balaban J connectivity index is 2.18. The van der Waals surface area contributed by atoms with Crippen molar-refractivity contribution in [3.8, 4) is 0 Å². The smallest absolute Gasteiger partial charge is 0.271 e. The lowest BCUT2D eigenvalue weighted by Gasteiger charge is -2.05. The summed E-state index contributed by atoms with van der Waals surface area (Å²) in [5, 5.41) is 12.7. The highest BCUT2D eigenvalue weighted by atomic mass is 79.9. The molecule has 9 heteroatoms. The minimum Gasteiger partial charge on any atom is -0.271 e. The van der Waals surface area contributed by atoms with Crippen molar-refractivity contribution in [3.05, 3.63) is 33.3 Å². The molecular formula is C13H16BrClN6O.